The van der Waals surface area contributed by atoms with E-state index in [4.69, 9.17) is 10.5 Å². The topological polar surface area (TPSA) is 94.3 Å². The van der Waals surface area contributed by atoms with Gasteiger partial charge in [-0.1, -0.05) is 32.1 Å². The first kappa shape index (κ1) is 15.4. The molecule has 0 aromatic carbocycles. The molecule has 106 valence electrons. The summed E-state index contributed by atoms with van der Waals surface area (Å²) in [6.45, 7) is 7.46. The van der Waals surface area contributed by atoms with Gasteiger partial charge in [0.1, 0.15) is 5.00 Å². The molecule has 0 fully saturated rings. The molecule has 1 rings (SSSR count). The number of nitrogens with zero attached hydrogens (tertiary/aromatic N) is 1. The van der Waals surface area contributed by atoms with Crippen LogP contribution < -0.4 is 11.1 Å². The number of hydrogen-bond donors (Lipinski definition) is 2. The summed E-state index contributed by atoms with van der Waals surface area (Å²) in [5.41, 5.74) is 5.69. The van der Waals surface area contributed by atoms with Crippen LogP contribution >= 0.6 is 11.3 Å². The van der Waals surface area contributed by atoms with E-state index in [1.165, 1.54) is 0 Å². The fraction of sp³-hybridized carbons (Fsp3) is 0.583. The molecule has 0 saturated carbocycles. The summed E-state index contributed by atoms with van der Waals surface area (Å²) in [5.74, 6) is -0.530. The van der Waals surface area contributed by atoms with E-state index in [1.54, 1.807) is 27.7 Å². The third-order valence-corrected chi connectivity index (χ3v) is 3.09. The largest absolute Gasteiger partial charge is 0.466 e. The summed E-state index contributed by atoms with van der Waals surface area (Å²) in [6.07, 6.45) is 0.0154. The second-order valence-electron chi connectivity index (χ2n) is 5.02. The Balaban J connectivity index is 2.74. The number of carbonyl (C=O) groups is 2. The standard InChI is InChI=1S/C12H19N3O3S/c1-5-18-8(16)6-7-9(13)19-11(14-7)15-10(17)12(2,3)4/h5-6,13H2,1-4H3,(H,14,15,17). The summed E-state index contributed by atoms with van der Waals surface area (Å²) < 4.78 is 4.83. The lowest BCUT2D eigenvalue weighted by atomic mass is 9.96. The third kappa shape index (κ3) is 4.51. The predicted molar refractivity (Wildman–Crippen MR) is 74.9 cm³/mol. The maximum atomic E-state index is 11.8. The second-order valence-corrected chi connectivity index (χ2v) is 6.05. The first-order valence-electron chi connectivity index (χ1n) is 5.96. The molecular weight excluding hydrogens is 266 g/mol. The Morgan fingerprint density at radius 3 is 2.58 bits per heavy atom. The molecule has 1 aromatic rings. The van der Waals surface area contributed by atoms with Crippen LogP contribution in [-0.4, -0.2) is 23.5 Å². The number of rotatable bonds is 4. The van der Waals surface area contributed by atoms with Gasteiger partial charge in [-0.2, -0.15) is 0 Å². The number of thiazole rings is 1. The van der Waals surface area contributed by atoms with E-state index in [0.29, 0.717) is 22.4 Å². The molecule has 6 nitrogen and oxygen atoms in total. The summed E-state index contributed by atoms with van der Waals surface area (Å²) in [5, 5.41) is 3.50. The van der Waals surface area contributed by atoms with Crippen molar-refractivity contribution in [2.45, 2.75) is 34.1 Å². The van der Waals surface area contributed by atoms with E-state index < -0.39 is 5.41 Å². The minimum absolute atomic E-state index is 0.0154. The molecule has 1 aromatic heterocycles. The van der Waals surface area contributed by atoms with Gasteiger partial charge in [0.15, 0.2) is 5.13 Å². The van der Waals surface area contributed by atoms with Crippen molar-refractivity contribution in [1.82, 2.24) is 4.98 Å². The number of esters is 1. The van der Waals surface area contributed by atoms with Crippen molar-refractivity contribution >= 4 is 33.3 Å². The van der Waals surface area contributed by atoms with Crippen LogP contribution in [0.15, 0.2) is 0 Å². The fourth-order valence-corrected chi connectivity index (χ4v) is 1.92. The molecule has 1 amide bonds. The van der Waals surface area contributed by atoms with Crippen molar-refractivity contribution in [3.8, 4) is 0 Å². The zero-order valence-corrected chi connectivity index (χ0v) is 12.4. The Morgan fingerprint density at radius 2 is 2.05 bits per heavy atom. The van der Waals surface area contributed by atoms with Gasteiger partial charge in [-0.15, -0.1) is 0 Å². The lowest BCUT2D eigenvalue weighted by Crippen LogP contribution is -2.27. The van der Waals surface area contributed by atoms with Crippen molar-refractivity contribution in [3.05, 3.63) is 5.69 Å². The van der Waals surface area contributed by atoms with Gasteiger partial charge in [-0.25, -0.2) is 4.98 Å². The number of aromatic nitrogens is 1. The van der Waals surface area contributed by atoms with Crippen LogP contribution in [0, 0.1) is 5.41 Å². The first-order valence-corrected chi connectivity index (χ1v) is 6.78. The van der Waals surface area contributed by atoms with Crippen molar-refractivity contribution in [1.29, 1.82) is 0 Å². The molecule has 1 heterocycles. The normalized spacial score (nSPS) is 11.2. The Kier molecular flexibility index (Phi) is 4.88. The van der Waals surface area contributed by atoms with Gasteiger partial charge in [0, 0.05) is 5.41 Å². The van der Waals surface area contributed by atoms with E-state index in [-0.39, 0.29) is 18.3 Å². The Labute approximate surface area is 116 Å². The predicted octanol–water partition coefficient (Wildman–Crippen LogP) is 1.82. The van der Waals surface area contributed by atoms with Crippen LogP contribution in [0.3, 0.4) is 0 Å². The Morgan fingerprint density at radius 1 is 1.42 bits per heavy atom. The van der Waals surface area contributed by atoms with Gasteiger partial charge in [-0.3, -0.25) is 9.59 Å². The highest BCUT2D eigenvalue weighted by Gasteiger charge is 2.23. The maximum absolute atomic E-state index is 11.8. The molecule has 3 N–H and O–H groups in total. The Bertz CT molecular complexity index is 477. The molecule has 0 spiro atoms. The molecule has 0 aliphatic heterocycles. The average Bonchev–Trinajstić information content (AvgIpc) is 2.58. The van der Waals surface area contributed by atoms with Crippen LogP contribution in [0.1, 0.15) is 33.4 Å². The maximum Gasteiger partial charge on any atom is 0.311 e. The molecule has 0 aliphatic rings. The van der Waals surface area contributed by atoms with Crippen LogP contribution in [0.5, 0.6) is 0 Å². The molecular formula is C12H19N3O3S. The highest BCUT2D eigenvalue weighted by Crippen LogP contribution is 2.27. The number of ether oxygens (including phenoxy) is 1. The second kappa shape index (κ2) is 6.01. The molecule has 0 bridgehead atoms. The zero-order valence-electron chi connectivity index (χ0n) is 11.6. The Hall–Kier alpha value is -1.63. The summed E-state index contributed by atoms with van der Waals surface area (Å²) in [7, 11) is 0. The smallest absolute Gasteiger partial charge is 0.311 e. The van der Waals surface area contributed by atoms with Crippen molar-refractivity contribution in [2.24, 2.45) is 5.41 Å². The van der Waals surface area contributed by atoms with Gasteiger partial charge < -0.3 is 15.8 Å². The van der Waals surface area contributed by atoms with Gasteiger partial charge in [0.2, 0.25) is 5.91 Å². The van der Waals surface area contributed by atoms with Crippen molar-refractivity contribution < 1.29 is 14.3 Å². The van der Waals surface area contributed by atoms with Crippen LogP contribution in [-0.2, 0) is 20.7 Å². The van der Waals surface area contributed by atoms with E-state index >= 15 is 0 Å². The van der Waals surface area contributed by atoms with Gasteiger partial charge in [0.25, 0.3) is 0 Å². The van der Waals surface area contributed by atoms with E-state index in [2.05, 4.69) is 10.3 Å². The SMILES string of the molecule is CCOC(=O)Cc1nc(NC(=O)C(C)(C)C)sc1N. The zero-order chi connectivity index (χ0) is 14.6. The summed E-state index contributed by atoms with van der Waals surface area (Å²) >= 11 is 1.15. The third-order valence-electron chi connectivity index (χ3n) is 2.25. The van der Waals surface area contributed by atoms with Crippen LogP contribution in [0.4, 0.5) is 10.1 Å². The fourth-order valence-electron chi connectivity index (χ4n) is 1.18. The minimum Gasteiger partial charge on any atom is -0.466 e. The van der Waals surface area contributed by atoms with Gasteiger partial charge in [-0.05, 0) is 6.92 Å². The number of nitrogen functional groups attached to an aromatic ring is 1. The van der Waals surface area contributed by atoms with E-state index in [1.807, 2.05) is 0 Å². The van der Waals surface area contributed by atoms with Gasteiger partial charge in [0.05, 0.1) is 18.7 Å². The van der Waals surface area contributed by atoms with Crippen LogP contribution in [0.2, 0.25) is 0 Å². The summed E-state index contributed by atoms with van der Waals surface area (Å²) in [4.78, 5) is 27.3. The molecule has 19 heavy (non-hydrogen) atoms. The van der Waals surface area contributed by atoms with Gasteiger partial charge >= 0.3 is 5.97 Å². The molecule has 7 heteroatoms. The molecule has 0 unspecified atom stereocenters. The first-order chi connectivity index (χ1) is 8.74. The molecule has 0 aliphatic carbocycles. The van der Waals surface area contributed by atoms with Crippen LogP contribution in [0.25, 0.3) is 0 Å². The molecule has 0 saturated heterocycles. The number of nitrogens with two attached hydrogens (primary N) is 1. The molecule has 0 radical (unpaired) electrons. The number of anilines is 2. The monoisotopic (exact) mass is 285 g/mol. The average molecular weight is 285 g/mol. The summed E-state index contributed by atoms with van der Waals surface area (Å²) in [6, 6.07) is 0. The van der Waals surface area contributed by atoms with E-state index in [9.17, 15) is 9.59 Å². The number of nitrogens with one attached hydrogen (secondary N) is 1. The van der Waals surface area contributed by atoms with Crippen molar-refractivity contribution in [3.63, 3.8) is 0 Å². The number of carbonyl (C=O) groups excluding carboxylic acids is 2. The highest BCUT2D eigenvalue weighted by molar-refractivity contribution is 7.19. The highest BCUT2D eigenvalue weighted by atomic mass is 32.1. The quantitative estimate of drug-likeness (QED) is 0.823. The molecule has 0 atom stereocenters. The minimum atomic E-state index is -0.512. The number of amides is 1. The number of hydrogen-bond acceptors (Lipinski definition) is 6. The lowest BCUT2D eigenvalue weighted by Gasteiger charge is -2.15. The lowest BCUT2D eigenvalue weighted by molar-refractivity contribution is -0.142. The van der Waals surface area contributed by atoms with Crippen molar-refractivity contribution in [2.75, 3.05) is 17.7 Å². The van der Waals surface area contributed by atoms with E-state index in [0.717, 1.165) is 11.3 Å².